The molecule has 1 aliphatic rings. The van der Waals surface area contributed by atoms with E-state index in [-0.39, 0.29) is 12.8 Å². The zero-order valence-electron chi connectivity index (χ0n) is 4.62. The van der Waals surface area contributed by atoms with E-state index in [0.29, 0.717) is 0 Å². The van der Waals surface area contributed by atoms with Crippen LogP contribution in [-0.2, 0) is 14.3 Å². The lowest BCUT2D eigenvalue weighted by atomic mass is 10.2. The van der Waals surface area contributed by atoms with Gasteiger partial charge < -0.3 is 14.6 Å². The topological polar surface area (TPSA) is 66.4 Å². The molecule has 0 aromatic rings. The SMILES string of the molecule is O=C1CC[C@H](C(=O)[O-])O1. The van der Waals surface area contributed by atoms with E-state index in [2.05, 4.69) is 4.74 Å². The number of esters is 1. The summed E-state index contributed by atoms with van der Waals surface area (Å²) in [5.74, 6) is -1.76. The summed E-state index contributed by atoms with van der Waals surface area (Å²) in [6.07, 6.45) is -0.558. The van der Waals surface area contributed by atoms with Crippen LogP contribution in [0.4, 0.5) is 0 Å². The molecule has 0 aromatic heterocycles. The summed E-state index contributed by atoms with van der Waals surface area (Å²) in [6.45, 7) is 0. The van der Waals surface area contributed by atoms with Crippen LogP contribution < -0.4 is 5.11 Å². The molecule has 0 amide bonds. The van der Waals surface area contributed by atoms with Gasteiger partial charge in [-0.15, -0.1) is 0 Å². The smallest absolute Gasteiger partial charge is 0.306 e. The van der Waals surface area contributed by atoms with Crippen LogP contribution in [0.2, 0.25) is 0 Å². The molecular weight excluding hydrogens is 124 g/mol. The molecule has 0 spiro atoms. The molecule has 0 aliphatic carbocycles. The van der Waals surface area contributed by atoms with Crippen LogP contribution in [0.25, 0.3) is 0 Å². The fourth-order valence-electron chi connectivity index (χ4n) is 0.691. The van der Waals surface area contributed by atoms with Crippen molar-refractivity contribution in [2.24, 2.45) is 0 Å². The number of hydrogen-bond donors (Lipinski definition) is 0. The third-order valence-electron chi connectivity index (χ3n) is 1.15. The second kappa shape index (κ2) is 2.05. The molecule has 4 nitrogen and oxygen atoms in total. The van der Waals surface area contributed by atoms with Crippen LogP contribution >= 0.6 is 0 Å². The van der Waals surface area contributed by atoms with Crippen LogP contribution in [0.5, 0.6) is 0 Å². The van der Waals surface area contributed by atoms with Crippen LogP contribution in [0, 0.1) is 0 Å². The molecule has 1 aliphatic heterocycles. The lowest BCUT2D eigenvalue weighted by molar-refractivity contribution is -0.314. The molecule has 0 saturated carbocycles. The van der Waals surface area contributed by atoms with E-state index in [0.717, 1.165) is 0 Å². The minimum Gasteiger partial charge on any atom is -0.546 e. The van der Waals surface area contributed by atoms with Gasteiger partial charge in [0.2, 0.25) is 0 Å². The predicted octanol–water partition coefficient (Wildman–Crippen LogP) is -1.56. The van der Waals surface area contributed by atoms with Gasteiger partial charge in [0.25, 0.3) is 0 Å². The summed E-state index contributed by atoms with van der Waals surface area (Å²) in [6, 6.07) is 0. The Balaban J connectivity index is 2.48. The first-order chi connectivity index (χ1) is 4.20. The standard InChI is InChI=1S/C5H6O4/c6-4-2-1-3(9-4)5(7)8/h3H,1-2H2,(H,7,8)/p-1/t3-/m1/s1. The highest BCUT2D eigenvalue weighted by molar-refractivity contribution is 5.80. The molecule has 1 saturated heterocycles. The quantitative estimate of drug-likeness (QED) is 0.401. The third-order valence-corrected chi connectivity index (χ3v) is 1.15. The predicted molar refractivity (Wildman–Crippen MR) is 24.1 cm³/mol. The van der Waals surface area contributed by atoms with Gasteiger partial charge >= 0.3 is 5.97 Å². The van der Waals surface area contributed by atoms with E-state index in [1.807, 2.05) is 0 Å². The van der Waals surface area contributed by atoms with Crippen molar-refractivity contribution in [1.82, 2.24) is 0 Å². The van der Waals surface area contributed by atoms with Crippen LogP contribution in [0.15, 0.2) is 0 Å². The van der Waals surface area contributed by atoms with Crippen LogP contribution in [0.1, 0.15) is 12.8 Å². The summed E-state index contributed by atoms with van der Waals surface area (Å²) in [4.78, 5) is 20.2. The molecule has 0 N–H and O–H groups in total. The van der Waals surface area contributed by atoms with Crippen molar-refractivity contribution in [3.63, 3.8) is 0 Å². The monoisotopic (exact) mass is 129 g/mol. The second-order valence-corrected chi connectivity index (χ2v) is 1.84. The Bertz CT molecular complexity index is 151. The molecule has 1 atom stereocenters. The molecule has 1 rings (SSSR count). The number of hydrogen-bond acceptors (Lipinski definition) is 4. The van der Waals surface area contributed by atoms with Gasteiger partial charge in [-0.1, -0.05) is 0 Å². The minimum atomic E-state index is -1.30. The number of aliphatic carboxylic acids is 1. The van der Waals surface area contributed by atoms with E-state index in [1.54, 1.807) is 0 Å². The Kier molecular flexibility index (Phi) is 1.38. The fourth-order valence-corrected chi connectivity index (χ4v) is 0.691. The molecule has 0 aromatic carbocycles. The number of carbonyl (C=O) groups excluding carboxylic acids is 2. The number of carboxylic acids is 1. The molecule has 4 heteroatoms. The van der Waals surface area contributed by atoms with Crippen LogP contribution in [0.3, 0.4) is 0 Å². The lowest BCUT2D eigenvalue weighted by Crippen LogP contribution is -2.35. The number of rotatable bonds is 1. The number of carbonyl (C=O) groups is 2. The van der Waals surface area contributed by atoms with Crippen molar-refractivity contribution < 1.29 is 19.4 Å². The van der Waals surface area contributed by atoms with E-state index in [4.69, 9.17) is 0 Å². The van der Waals surface area contributed by atoms with Gasteiger partial charge in [0, 0.05) is 12.8 Å². The zero-order valence-corrected chi connectivity index (χ0v) is 4.62. The molecular formula is C5H5O4-. The first-order valence-corrected chi connectivity index (χ1v) is 2.60. The van der Waals surface area contributed by atoms with Crippen molar-refractivity contribution >= 4 is 11.9 Å². The largest absolute Gasteiger partial charge is 0.546 e. The number of cyclic esters (lactones) is 1. The van der Waals surface area contributed by atoms with E-state index >= 15 is 0 Å². The van der Waals surface area contributed by atoms with Gasteiger partial charge in [0.05, 0.1) is 5.97 Å². The highest BCUT2D eigenvalue weighted by Gasteiger charge is 2.23. The highest BCUT2D eigenvalue weighted by atomic mass is 16.6. The Morgan fingerprint density at radius 3 is 2.67 bits per heavy atom. The average molecular weight is 129 g/mol. The van der Waals surface area contributed by atoms with Gasteiger partial charge in [0.15, 0.2) is 0 Å². The van der Waals surface area contributed by atoms with Crippen molar-refractivity contribution in [3.05, 3.63) is 0 Å². The van der Waals surface area contributed by atoms with E-state index in [1.165, 1.54) is 0 Å². The molecule has 50 valence electrons. The molecule has 0 radical (unpaired) electrons. The number of ether oxygens (including phenoxy) is 1. The highest BCUT2D eigenvalue weighted by Crippen LogP contribution is 2.11. The maximum Gasteiger partial charge on any atom is 0.306 e. The van der Waals surface area contributed by atoms with Crippen LogP contribution in [-0.4, -0.2) is 18.0 Å². The summed E-state index contributed by atoms with van der Waals surface area (Å²) in [5, 5.41) is 9.96. The average Bonchev–Trinajstić information content (AvgIpc) is 2.14. The first kappa shape index (κ1) is 6.07. The maximum absolute atomic E-state index is 10.2. The third kappa shape index (κ3) is 1.19. The van der Waals surface area contributed by atoms with Crippen molar-refractivity contribution in [1.29, 1.82) is 0 Å². The van der Waals surface area contributed by atoms with Gasteiger partial charge in [-0.3, -0.25) is 4.79 Å². The molecule has 0 bridgehead atoms. The van der Waals surface area contributed by atoms with Crippen molar-refractivity contribution in [3.8, 4) is 0 Å². The first-order valence-electron chi connectivity index (χ1n) is 2.60. The maximum atomic E-state index is 10.2. The normalized spacial score (nSPS) is 25.8. The summed E-state index contributed by atoms with van der Waals surface area (Å²) < 4.78 is 4.32. The molecule has 1 heterocycles. The Hall–Kier alpha value is -1.06. The van der Waals surface area contributed by atoms with Gasteiger partial charge in [-0.2, -0.15) is 0 Å². The minimum absolute atomic E-state index is 0.193. The molecule has 1 fully saturated rings. The Labute approximate surface area is 51.4 Å². The summed E-state index contributed by atoms with van der Waals surface area (Å²) >= 11 is 0. The zero-order chi connectivity index (χ0) is 6.85. The fraction of sp³-hybridized carbons (Fsp3) is 0.600. The van der Waals surface area contributed by atoms with E-state index in [9.17, 15) is 14.7 Å². The summed E-state index contributed by atoms with van der Waals surface area (Å²) in [5.41, 5.74) is 0. The van der Waals surface area contributed by atoms with Gasteiger partial charge in [0.1, 0.15) is 6.10 Å². The number of carboxylic acid groups (broad SMARTS) is 1. The van der Waals surface area contributed by atoms with E-state index < -0.39 is 18.0 Å². The van der Waals surface area contributed by atoms with Crippen molar-refractivity contribution in [2.75, 3.05) is 0 Å². The van der Waals surface area contributed by atoms with Gasteiger partial charge in [-0.05, 0) is 0 Å². The molecule has 0 unspecified atom stereocenters. The lowest BCUT2D eigenvalue weighted by Gasteiger charge is -2.07. The molecule has 9 heavy (non-hydrogen) atoms. The van der Waals surface area contributed by atoms with Gasteiger partial charge in [-0.25, -0.2) is 0 Å². The Morgan fingerprint density at radius 1 is 1.78 bits per heavy atom. The second-order valence-electron chi connectivity index (χ2n) is 1.84. The van der Waals surface area contributed by atoms with Crippen molar-refractivity contribution in [2.45, 2.75) is 18.9 Å². The summed E-state index contributed by atoms with van der Waals surface area (Å²) in [7, 11) is 0. The Morgan fingerprint density at radius 2 is 2.44 bits per heavy atom.